The number of nitrogens with one attached hydrogen (secondary N) is 2. The minimum Gasteiger partial charge on any atom is -0.359 e. The maximum atomic E-state index is 12.3. The van der Waals surface area contributed by atoms with E-state index < -0.39 is 0 Å². The van der Waals surface area contributed by atoms with Crippen molar-refractivity contribution in [2.75, 3.05) is 12.4 Å². The van der Waals surface area contributed by atoms with E-state index in [-0.39, 0.29) is 26.5 Å². The molecule has 1 aromatic rings. The summed E-state index contributed by atoms with van der Waals surface area (Å²) < 4.78 is 0. The van der Waals surface area contributed by atoms with Gasteiger partial charge in [-0.25, -0.2) is 4.98 Å². The van der Waals surface area contributed by atoms with Gasteiger partial charge in [0, 0.05) is 27.9 Å². The normalized spacial score (nSPS) is 20.0. The topological polar surface area (TPSA) is 71.1 Å². The minimum absolute atomic E-state index is 0. The van der Waals surface area contributed by atoms with Gasteiger partial charge in [-0.15, -0.1) is 0 Å². The van der Waals surface area contributed by atoms with E-state index in [2.05, 4.69) is 15.6 Å². The molecule has 0 bridgehead atoms. The predicted octanol–water partition coefficient (Wildman–Crippen LogP) is 3.71. The molecule has 0 aromatic carbocycles. The number of aryl methyl sites for hydroxylation is 2. The highest BCUT2D eigenvalue weighted by Gasteiger charge is 2.30. The monoisotopic (exact) mass is 323 g/mol. The molecule has 1 aliphatic rings. The molecule has 0 spiro atoms. The van der Waals surface area contributed by atoms with E-state index in [0.717, 1.165) is 30.4 Å². The number of rotatable bonds is 3. The predicted molar refractivity (Wildman–Crippen MR) is 97.4 cm³/mol. The summed E-state index contributed by atoms with van der Waals surface area (Å²) in [5, 5.41) is 5.55. The van der Waals surface area contributed by atoms with Gasteiger partial charge < -0.3 is 10.6 Å². The van der Waals surface area contributed by atoms with E-state index in [1.165, 1.54) is 0 Å². The van der Waals surface area contributed by atoms with Gasteiger partial charge in [-0.3, -0.25) is 9.59 Å². The smallest absolute Gasteiger partial charge is 0.228 e. The zero-order valence-electron chi connectivity index (χ0n) is 14.9. The third kappa shape index (κ3) is 5.34. The molecule has 2 rings (SSSR count). The van der Waals surface area contributed by atoms with Crippen molar-refractivity contribution in [2.24, 2.45) is 11.8 Å². The number of pyridine rings is 1. The number of carbonyl (C=O) groups is 2. The zero-order chi connectivity index (χ0) is 17.4. The van der Waals surface area contributed by atoms with Gasteiger partial charge in [0.15, 0.2) is 0 Å². The minimum atomic E-state index is -0.107. The first-order chi connectivity index (χ1) is 11.0. The number of amides is 2. The van der Waals surface area contributed by atoms with Crippen molar-refractivity contribution in [3.05, 3.63) is 23.4 Å². The lowest BCUT2D eigenvalue weighted by Gasteiger charge is -2.27. The third-order valence-electron chi connectivity index (χ3n) is 4.29. The quantitative estimate of drug-likeness (QED) is 0.891. The van der Waals surface area contributed by atoms with Crippen LogP contribution in [0.25, 0.3) is 0 Å². The molecule has 0 unspecified atom stereocenters. The van der Waals surface area contributed by atoms with Crippen molar-refractivity contribution in [2.45, 2.75) is 53.4 Å². The van der Waals surface area contributed by atoms with Crippen LogP contribution < -0.4 is 10.6 Å². The van der Waals surface area contributed by atoms with Gasteiger partial charge in [0.05, 0.1) is 0 Å². The Bertz CT molecular complexity index is 553. The Morgan fingerprint density at radius 2 is 1.74 bits per heavy atom. The van der Waals surface area contributed by atoms with Gasteiger partial charge in [0.25, 0.3) is 0 Å². The lowest BCUT2D eigenvalue weighted by atomic mass is 9.80. The fraction of sp³-hybridized carbons (Fsp3) is 0.611. The van der Waals surface area contributed by atoms with Gasteiger partial charge >= 0.3 is 0 Å². The largest absolute Gasteiger partial charge is 0.359 e. The van der Waals surface area contributed by atoms with Crippen molar-refractivity contribution in [1.29, 1.82) is 0 Å². The summed E-state index contributed by atoms with van der Waals surface area (Å²) in [5.74, 6) is 0.443. The van der Waals surface area contributed by atoms with Crippen LogP contribution in [0, 0.1) is 25.7 Å². The zero-order valence-corrected chi connectivity index (χ0v) is 14.9. The van der Waals surface area contributed by atoms with Crippen LogP contribution in [0.15, 0.2) is 12.3 Å². The maximum absolute atomic E-state index is 12.3. The summed E-state index contributed by atoms with van der Waals surface area (Å²) in [6.07, 6.45) is 5.00. The molecule has 23 heavy (non-hydrogen) atoms. The first-order valence-electron chi connectivity index (χ1n) is 8.47. The van der Waals surface area contributed by atoms with E-state index in [9.17, 15) is 9.59 Å². The molecule has 1 heterocycles. The number of hydrogen-bond acceptors (Lipinski definition) is 3. The number of carbonyl (C=O) groups excluding carboxylic acids is 2. The molecular formula is C18H33N3O2. The molecule has 5 heteroatoms. The van der Waals surface area contributed by atoms with E-state index in [1.54, 1.807) is 13.2 Å². The van der Waals surface area contributed by atoms with E-state index in [4.69, 9.17) is 0 Å². The summed E-state index contributed by atoms with van der Waals surface area (Å²) in [5.41, 5.74) is 2.21. The van der Waals surface area contributed by atoms with Crippen LogP contribution in [-0.2, 0) is 9.59 Å². The Kier molecular flexibility index (Phi) is 7.72. The van der Waals surface area contributed by atoms with Crippen LogP contribution >= 0.6 is 0 Å². The number of aromatic nitrogens is 1. The van der Waals surface area contributed by atoms with Gasteiger partial charge in [-0.2, -0.15) is 0 Å². The van der Waals surface area contributed by atoms with Crippen LogP contribution in [0.1, 0.15) is 53.5 Å². The summed E-state index contributed by atoms with van der Waals surface area (Å²) in [6.45, 7) is 7.98. The number of nitrogens with zero attached hydrogens (tertiary/aromatic N) is 1. The average Bonchev–Trinajstić information content (AvgIpc) is 2.59. The lowest BCUT2D eigenvalue weighted by molar-refractivity contribution is -0.127. The second-order valence-corrected chi connectivity index (χ2v) is 5.82. The lowest BCUT2D eigenvalue weighted by Crippen LogP contribution is -2.35. The van der Waals surface area contributed by atoms with Crippen LogP contribution in [0.4, 0.5) is 5.82 Å². The highest BCUT2D eigenvalue weighted by Crippen LogP contribution is 2.30. The molecule has 5 nitrogen and oxygen atoms in total. The fourth-order valence-corrected chi connectivity index (χ4v) is 2.79. The Morgan fingerprint density at radius 3 is 2.30 bits per heavy atom. The van der Waals surface area contributed by atoms with Crippen molar-refractivity contribution < 1.29 is 12.4 Å². The molecule has 1 aliphatic carbocycles. The molecular weight excluding hydrogens is 290 g/mol. The molecule has 1 aromatic heterocycles. The van der Waals surface area contributed by atoms with E-state index in [1.807, 2.05) is 33.8 Å². The second-order valence-electron chi connectivity index (χ2n) is 5.82. The first kappa shape index (κ1) is 19.1. The highest BCUT2D eigenvalue weighted by atomic mass is 16.2. The van der Waals surface area contributed by atoms with Gasteiger partial charge in [-0.05, 0) is 50.3 Å². The van der Waals surface area contributed by atoms with Crippen molar-refractivity contribution in [3.63, 3.8) is 0 Å². The fourth-order valence-electron chi connectivity index (χ4n) is 2.79. The standard InChI is InChI=1S/C16H23N3O2.C2H6.2H2/c1-10-7-14(18-9-11(10)2)19-16(21)13-6-4-5-12(8-13)15(20)17-3;1-2;;/h7,9,12-13H,4-6,8H2,1-3H3,(H,17,20)(H,18,19,21);1-2H3;2*1H/t12-,13+;;;/m1.../s1. The molecule has 1 saturated carbocycles. The van der Waals surface area contributed by atoms with Gasteiger partial charge in [-0.1, -0.05) is 20.3 Å². The van der Waals surface area contributed by atoms with Crippen LogP contribution in [0.3, 0.4) is 0 Å². The van der Waals surface area contributed by atoms with Crippen molar-refractivity contribution in [1.82, 2.24) is 10.3 Å². The number of hydrogen-bond donors (Lipinski definition) is 2. The van der Waals surface area contributed by atoms with E-state index >= 15 is 0 Å². The Hall–Kier alpha value is -1.91. The summed E-state index contributed by atoms with van der Waals surface area (Å²) in [4.78, 5) is 28.3. The molecule has 2 N–H and O–H groups in total. The molecule has 132 valence electrons. The molecule has 0 radical (unpaired) electrons. The Morgan fingerprint density at radius 1 is 1.13 bits per heavy atom. The summed E-state index contributed by atoms with van der Waals surface area (Å²) >= 11 is 0. The molecule has 2 amide bonds. The summed E-state index contributed by atoms with van der Waals surface area (Å²) in [7, 11) is 1.64. The SMILES string of the molecule is CC.CNC(=O)[C@@H]1CCC[C@H](C(=O)Nc2cc(C)c(C)cn2)C1.[HH].[HH]. The maximum Gasteiger partial charge on any atom is 0.228 e. The highest BCUT2D eigenvalue weighted by molar-refractivity contribution is 5.92. The first-order valence-corrected chi connectivity index (χ1v) is 8.47. The third-order valence-corrected chi connectivity index (χ3v) is 4.29. The van der Waals surface area contributed by atoms with Gasteiger partial charge in [0.1, 0.15) is 5.82 Å². The summed E-state index contributed by atoms with van der Waals surface area (Å²) in [6, 6.07) is 1.88. The van der Waals surface area contributed by atoms with Crippen LogP contribution in [0.5, 0.6) is 0 Å². The second kappa shape index (κ2) is 9.28. The Labute approximate surface area is 142 Å². The molecule has 0 saturated heterocycles. The van der Waals surface area contributed by atoms with Crippen LogP contribution in [0.2, 0.25) is 0 Å². The molecule has 2 atom stereocenters. The van der Waals surface area contributed by atoms with Crippen molar-refractivity contribution >= 4 is 17.6 Å². The number of anilines is 1. The van der Waals surface area contributed by atoms with E-state index in [0.29, 0.717) is 12.2 Å². The Balaban J connectivity index is 0. The average molecular weight is 323 g/mol. The van der Waals surface area contributed by atoms with Gasteiger partial charge in [0.2, 0.25) is 11.8 Å². The molecule has 0 aliphatic heterocycles. The van der Waals surface area contributed by atoms with Crippen LogP contribution in [-0.4, -0.2) is 23.8 Å². The molecule has 1 fully saturated rings. The van der Waals surface area contributed by atoms with Crippen molar-refractivity contribution in [3.8, 4) is 0 Å².